The number of imidazole rings is 1. The Morgan fingerprint density at radius 1 is 1.33 bits per heavy atom. The molecule has 1 unspecified atom stereocenters. The molecule has 1 amide bonds. The summed E-state index contributed by atoms with van der Waals surface area (Å²) in [5.74, 6) is 2.63. The van der Waals surface area contributed by atoms with Crippen molar-refractivity contribution >= 4 is 5.91 Å². The fourth-order valence-corrected chi connectivity index (χ4v) is 3.37. The second-order valence-electron chi connectivity index (χ2n) is 6.41. The minimum atomic E-state index is 0.0389. The highest BCUT2D eigenvalue weighted by Gasteiger charge is 2.21. The first kappa shape index (κ1) is 15.1. The van der Waals surface area contributed by atoms with E-state index in [1.807, 2.05) is 25.1 Å². The molecule has 1 atom stereocenters. The predicted octanol–water partition coefficient (Wildman–Crippen LogP) is 1.64. The number of ether oxygens (including phenoxy) is 2. The van der Waals surface area contributed by atoms with Crippen molar-refractivity contribution in [1.29, 1.82) is 0 Å². The van der Waals surface area contributed by atoms with Gasteiger partial charge in [0, 0.05) is 25.2 Å². The van der Waals surface area contributed by atoms with Gasteiger partial charge >= 0.3 is 0 Å². The van der Waals surface area contributed by atoms with Gasteiger partial charge in [0.05, 0.1) is 12.1 Å². The van der Waals surface area contributed by atoms with E-state index in [0.29, 0.717) is 19.6 Å². The first-order chi connectivity index (χ1) is 11.7. The summed E-state index contributed by atoms with van der Waals surface area (Å²) in [6, 6.07) is 5.85. The van der Waals surface area contributed by atoms with Gasteiger partial charge in [-0.25, -0.2) is 4.98 Å². The highest BCUT2D eigenvalue weighted by molar-refractivity contribution is 5.79. The zero-order valence-corrected chi connectivity index (χ0v) is 13.7. The van der Waals surface area contributed by atoms with Gasteiger partial charge in [0.25, 0.3) is 0 Å². The summed E-state index contributed by atoms with van der Waals surface area (Å²) in [6.07, 6.45) is 4.24. The van der Waals surface area contributed by atoms with Gasteiger partial charge in [-0.3, -0.25) is 4.79 Å². The van der Waals surface area contributed by atoms with Gasteiger partial charge in [0.1, 0.15) is 19.0 Å². The molecule has 6 nitrogen and oxygen atoms in total. The predicted molar refractivity (Wildman–Crippen MR) is 88.4 cm³/mol. The fraction of sp³-hybridized carbons (Fsp3) is 0.444. The van der Waals surface area contributed by atoms with E-state index in [1.165, 1.54) is 0 Å². The van der Waals surface area contributed by atoms with E-state index in [1.54, 1.807) is 0 Å². The fourth-order valence-electron chi connectivity index (χ4n) is 3.37. The molecular weight excluding hydrogens is 306 g/mol. The van der Waals surface area contributed by atoms with Crippen LogP contribution in [0.15, 0.2) is 24.4 Å². The lowest BCUT2D eigenvalue weighted by Gasteiger charge is -2.25. The third-order valence-corrected chi connectivity index (χ3v) is 4.45. The van der Waals surface area contributed by atoms with Gasteiger partial charge in [-0.15, -0.1) is 0 Å². The number of aryl methyl sites for hydroxylation is 2. The zero-order valence-electron chi connectivity index (χ0n) is 13.7. The average Bonchev–Trinajstić information content (AvgIpc) is 2.94. The van der Waals surface area contributed by atoms with Crippen LogP contribution in [0.1, 0.15) is 23.5 Å². The molecule has 1 aromatic heterocycles. The number of hydrogen-bond donors (Lipinski definition) is 1. The van der Waals surface area contributed by atoms with E-state index in [4.69, 9.17) is 9.47 Å². The first-order valence-electron chi connectivity index (χ1n) is 8.38. The van der Waals surface area contributed by atoms with Crippen LogP contribution in [-0.4, -0.2) is 34.7 Å². The summed E-state index contributed by atoms with van der Waals surface area (Å²) >= 11 is 0. The molecule has 3 heterocycles. The molecule has 2 aromatic rings. The molecule has 0 radical (unpaired) electrons. The quantitative estimate of drug-likeness (QED) is 0.931. The number of carbonyl (C=O) groups is 1. The Kier molecular flexibility index (Phi) is 3.88. The Morgan fingerprint density at radius 2 is 2.17 bits per heavy atom. The smallest absolute Gasteiger partial charge is 0.224 e. The Bertz CT molecular complexity index is 769. The second kappa shape index (κ2) is 6.19. The number of nitrogens with zero attached hydrogens (tertiary/aromatic N) is 2. The Balaban J connectivity index is 1.37. The number of rotatable bonds is 3. The van der Waals surface area contributed by atoms with Crippen LogP contribution in [0.25, 0.3) is 0 Å². The van der Waals surface area contributed by atoms with E-state index in [-0.39, 0.29) is 11.9 Å². The van der Waals surface area contributed by atoms with Gasteiger partial charge in [-0.05, 0) is 31.0 Å². The molecule has 1 aromatic carbocycles. The molecule has 2 aliphatic rings. The molecule has 2 aliphatic heterocycles. The van der Waals surface area contributed by atoms with Crippen LogP contribution >= 0.6 is 0 Å². The lowest BCUT2D eigenvalue weighted by Crippen LogP contribution is -2.41. The third-order valence-electron chi connectivity index (χ3n) is 4.45. The van der Waals surface area contributed by atoms with Crippen LogP contribution in [-0.2, 0) is 24.2 Å². The summed E-state index contributed by atoms with van der Waals surface area (Å²) < 4.78 is 13.2. The Morgan fingerprint density at radius 3 is 3.04 bits per heavy atom. The topological polar surface area (TPSA) is 65.4 Å². The maximum Gasteiger partial charge on any atom is 0.224 e. The number of benzene rings is 1. The minimum Gasteiger partial charge on any atom is -0.486 e. The maximum atomic E-state index is 12.4. The van der Waals surface area contributed by atoms with E-state index in [9.17, 15) is 4.79 Å². The molecule has 4 rings (SSSR count). The van der Waals surface area contributed by atoms with Crippen LogP contribution < -0.4 is 14.8 Å². The average molecular weight is 327 g/mol. The van der Waals surface area contributed by atoms with Crippen molar-refractivity contribution in [3.8, 4) is 11.5 Å². The van der Waals surface area contributed by atoms with E-state index >= 15 is 0 Å². The molecule has 1 N–H and O–H groups in total. The molecule has 0 saturated heterocycles. The minimum absolute atomic E-state index is 0.0389. The highest BCUT2D eigenvalue weighted by atomic mass is 16.6. The monoisotopic (exact) mass is 327 g/mol. The van der Waals surface area contributed by atoms with Crippen LogP contribution in [0.4, 0.5) is 0 Å². The van der Waals surface area contributed by atoms with Crippen molar-refractivity contribution in [2.45, 2.75) is 38.8 Å². The molecule has 126 valence electrons. The third kappa shape index (κ3) is 3.09. The van der Waals surface area contributed by atoms with Gasteiger partial charge < -0.3 is 19.4 Å². The van der Waals surface area contributed by atoms with Crippen LogP contribution in [0, 0.1) is 6.92 Å². The molecule has 0 aliphatic carbocycles. The summed E-state index contributed by atoms with van der Waals surface area (Å²) in [6.45, 7) is 3.92. The molecule has 0 saturated carbocycles. The number of fused-ring (bicyclic) bond motifs is 2. The normalized spacial score (nSPS) is 18.8. The number of carbonyl (C=O) groups excluding carboxylic acids is 1. The molecule has 24 heavy (non-hydrogen) atoms. The van der Waals surface area contributed by atoms with Gasteiger partial charge in [-0.1, -0.05) is 6.07 Å². The van der Waals surface area contributed by atoms with Crippen LogP contribution in [0.3, 0.4) is 0 Å². The van der Waals surface area contributed by atoms with Gasteiger partial charge in [0.2, 0.25) is 5.91 Å². The molecule has 6 heteroatoms. The number of hydrogen-bond acceptors (Lipinski definition) is 4. The molecule has 0 spiro atoms. The number of amides is 1. The highest BCUT2D eigenvalue weighted by Crippen LogP contribution is 2.30. The lowest BCUT2D eigenvalue weighted by atomic mass is 10.1. The van der Waals surface area contributed by atoms with Crippen LogP contribution in [0.2, 0.25) is 0 Å². The number of nitrogens with one attached hydrogen (secondary N) is 1. The summed E-state index contributed by atoms with van der Waals surface area (Å²) in [5, 5.41) is 3.14. The standard InChI is InChI=1S/C18H21N3O3/c1-12-10-21-11-14(3-5-17(21)19-12)20-18(22)9-13-2-4-15-16(8-13)24-7-6-23-15/h2,4,8,10,14H,3,5-7,9,11H2,1H3,(H,20,22). The first-order valence-corrected chi connectivity index (χ1v) is 8.38. The number of aromatic nitrogens is 2. The Labute approximate surface area is 140 Å². The zero-order chi connectivity index (χ0) is 16.5. The second-order valence-corrected chi connectivity index (χ2v) is 6.41. The van der Waals surface area contributed by atoms with Gasteiger partial charge in [-0.2, -0.15) is 0 Å². The van der Waals surface area contributed by atoms with Crippen molar-refractivity contribution in [3.05, 3.63) is 41.5 Å². The van der Waals surface area contributed by atoms with E-state index in [2.05, 4.69) is 21.1 Å². The molecule has 0 fully saturated rings. The van der Waals surface area contributed by atoms with Crippen molar-refractivity contribution in [1.82, 2.24) is 14.9 Å². The summed E-state index contributed by atoms with van der Waals surface area (Å²) in [7, 11) is 0. The van der Waals surface area contributed by atoms with Crippen molar-refractivity contribution in [3.63, 3.8) is 0 Å². The maximum absolute atomic E-state index is 12.4. The molecule has 0 bridgehead atoms. The van der Waals surface area contributed by atoms with Gasteiger partial charge in [0.15, 0.2) is 11.5 Å². The Hall–Kier alpha value is -2.50. The van der Waals surface area contributed by atoms with Crippen molar-refractivity contribution < 1.29 is 14.3 Å². The largest absolute Gasteiger partial charge is 0.486 e. The summed E-state index contributed by atoms with van der Waals surface area (Å²) in [5.41, 5.74) is 1.97. The summed E-state index contributed by atoms with van der Waals surface area (Å²) in [4.78, 5) is 16.9. The lowest BCUT2D eigenvalue weighted by molar-refractivity contribution is -0.121. The van der Waals surface area contributed by atoms with Crippen molar-refractivity contribution in [2.75, 3.05) is 13.2 Å². The van der Waals surface area contributed by atoms with Crippen LogP contribution in [0.5, 0.6) is 11.5 Å². The SMILES string of the molecule is Cc1cn2c(n1)CCC(NC(=O)Cc1ccc3c(c1)OCCO3)C2. The van der Waals surface area contributed by atoms with E-state index in [0.717, 1.165) is 48.0 Å². The van der Waals surface area contributed by atoms with E-state index < -0.39 is 0 Å². The van der Waals surface area contributed by atoms with Crippen molar-refractivity contribution in [2.24, 2.45) is 0 Å². The molecular formula is C18H21N3O3.